The Bertz CT molecular complexity index is 511. The number of H-pyrrole nitrogens is 2. The van der Waals surface area contributed by atoms with Crippen molar-refractivity contribution in [1.29, 1.82) is 0 Å². The van der Waals surface area contributed by atoms with Gasteiger partial charge in [-0.3, -0.25) is 10.2 Å². The van der Waals surface area contributed by atoms with Gasteiger partial charge in [0.2, 0.25) is 5.95 Å². The molecule has 108 valence electrons. The van der Waals surface area contributed by atoms with Gasteiger partial charge in [0, 0.05) is 19.3 Å². The molecule has 3 heterocycles. The molecule has 2 aromatic rings. The number of nitrogens with one attached hydrogen (secondary N) is 3. The summed E-state index contributed by atoms with van der Waals surface area (Å²) in [5, 5.41) is 17.4. The average Bonchev–Trinajstić information content (AvgIpc) is 3.16. The molecule has 3 rings (SSSR count). The Hall–Kier alpha value is -1.89. The highest BCUT2D eigenvalue weighted by atomic mass is 15.4. The van der Waals surface area contributed by atoms with Crippen molar-refractivity contribution in [3.63, 3.8) is 0 Å². The van der Waals surface area contributed by atoms with E-state index < -0.39 is 0 Å². The van der Waals surface area contributed by atoms with Gasteiger partial charge in [0.1, 0.15) is 0 Å². The quantitative estimate of drug-likeness (QED) is 0.758. The minimum absolute atomic E-state index is 0.767. The fourth-order valence-electron chi connectivity index (χ4n) is 2.59. The van der Waals surface area contributed by atoms with E-state index in [1.54, 1.807) is 6.20 Å². The van der Waals surface area contributed by atoms with Crippen molar-refractivity contribution in [2.45, 2.75) is 19.8 Å². The molecule has 3 N–H and O–H groups in total. The number of hydrogen-bond acceptors (Lipinski definition) is 5. The molecule has 0 saturated carbocycles. The third-order valence-electron chi connectivity index (χ3n) is 3.83. The van der Waals surface area contributed by atoms with Crippen LogP contribution in [0.2, 0.25) is 0 Å². The van der Waals surface area contributed by atoms with Crippen LogP contribution in [-0.2, 0) is 0 Å². The van der Waals surface area contributed by atoms with Crippen LogP contribution in [0, 0.1) is 5.92 Å². The SMILES string of the molecule is CCNCC1CCN(c2n[nH]c(-c3cn[nH]c3)n2)CC1. The normalized spacial score (nSPS) is 16.8. The summed E-state index contributed by atoms with van der Waals surface area (Å²) in [6.07, 6.45) is 5.95. The standard InChI is InChI=1S/C13H21N7/c1-2-14-7-10-3-5-20(6-4-10)13-17-12(18-19-13)11-8-15-16-9-11/h8-10,14H,2-7H2,1H3,(H,15,16)(H,17,18,19). The summed E-state index contributed by atoms with van der Waals surface area (Å²) in [5.41, 5.74) is 0.936. The van der Waals surface area contributed by atoms with E-state index in [2.05, 4.69) is 42.5 Å². The van der Waals surface area contributed by atoms with Crippen molar-refractivity contribution >= 4 is 5.95 Å². The highest BCUT2D eigenvalue weighted by molar-refractivity contribution is 5.53. The number of nitrogens with zero attached hydrogens (tertiary/aromatic N) is 4. The number of piperidine rings is 1. The van der Waals surface area contributed by atoms with Crippen LogP contribution < -0.4 is 10.2 Å². The van der Waals surface area contributed by atoms with E-state index in [0.717, 1.165) is 49.4 Å². The van der Waals surface area contributed by atoms with E-state index in [-0.39, 0.29) is 0 Å². The van der Waals surface area contributed by atoms with E-state index >= 15 is 0 Å². The third-order valence-corrected chi connectivity index (χ3v) is 3.83. The molecule has 7 heteroatoms. The number of hydrogen-bond donors (Lipinski definition) is 3. The maximum absolute atomic E-state index is 4.55. The zero-order valence-corrected chi connectivity index (χ0v) is 11.8. The molecule has 1 saturated heterocycles. The molecule has 0 unspecified atom stereocenters. The van der Waals surface area contributed by atoms with Crippen LogP contribution in [0.25, 0.3) is 11.4 Å². The maximum atomic E-state index is 4.55. The van der Waals surface area contributed by atoms with Crippen molar-refractivity contribution in [2.24, 2.45) is 5.92 Å². The fraction of sp³-hybridized carbons (Fsp3) is 0.615. The molecular formula is C13H21N7. The number of anilines is 1. The summed E-state index contributed by atoms with van der Waals surface area (Å²) in [7, 11) is 0. The minimum atomic E-state index is 0.767. The molecule has 0 radical (unpaired) electrons. The predicted molar refractivity (Wildman–Crippen MR) is 77.4 cm³/mol. The molecule has 0 aromatic carbocycles. The van der Waals surface area contributed by atoms with Gasteiger partial charge in [-0.25, -0.2) is 0 Å². The monoisotopic (exact) mass is 275 g/mol. The lowest BCUT2D eigenvalue weighted by molar-refractivity contribution is 0.384. The average molecular weight is 275 g/mol. The molecule has 2 aromatic heterocycles. The first kappa shape index (κ1) is 13.1. The van der Waals surface area contributed by atoms with Gasteiger partial charge in [0.05, 0.1) is 11.8 Å². The Morgan fingerprint density at radius 1 is 1.40 bits per heavy atom. The molecule has 0 atom stereocenters. The second-order valence-corrected chi connectivity index (χ2v) is 5.21. The van der Waals surface area contributed by atoms with Crippen molar-refractivity contribution in [1.82, 2.24) is 30.7 Å². The topological polar surface area (TPSA) is 85.5 Å². The summed E-state index contributed by atoms with van der Waals surface area (Å²) in [4.78, 5) is 6.80. The highest BCUT2D eigenvalue weighted by Gasteiger charge is 2.21. The Kier molecular flexibility index (Phi) is 3.96. The lowest BCUT2D eigenvalue weighted by Gasteiger charge is -2.31. The van der Waals surface area contributed by atoms with Gasteiger partial charge in [0.25, 0.3) is 0 Å². The van der Waals surface area contributed by atoms with Crippen molar-refractivity contribution in [2.75, 3.05) is 31.1 Å². The van der Waals surface area contributed by atoms with E-state index in [4.69, 9.17) is 0 Å². The van der Waals surface area contributed by atoms with Gasteiger partial charge in [-0.2, -0.15) is 10.1 Å². The fourth-order valence-corrected chi connectivity index (χ4v) is 2.59. The Morgan fingerprint density at radius 3 is 2.95 bits per heavy atom. The van der Waals surface area contributed by atoms with E-state index in [0.29, 0.717) is 0 Å². The van der Waals surface area contributed by atoms with Crippen LogP contribution in [0.3, 0.4) is 0 Å². The largest absolute Gasteiger partial charge is 0.340 e. The van der Waals surface area contributed by atoms with E-state index in [9.17, 15) is 0 Å². The van der Waals surface area contributed by atoms with Crippen LogP contribution >= 0.6 is 0 Å². The van der Waals surface area contributed by atoms with Gasteiger partial charge in [0.15, 0.2) is 5.82 Å². The molecule has 20 heavy (non-hydrogen) atoms. The zero-order valence-electron chi connectivity index (χ0n) is 11.8. The van der Waals surface area contributed by atoms with Crippen molar-refractivity contribution in [3.8, 4) is 11.4 Å². The maximum Gasteiger partial charge on any atom is 0.245 e. The van der Waals surface area contributed by atoms with Crippen molar-refractivity contribution in [3.05, 3.63) is 12.4 Å². The Labute approximate surface area is 118 Å². The third kappa shape index (κ3) is 2.82. The van der Waals surface area contributed by atoms with Crippen LogP contribution in [0.15, 0.2) is 12.4 Å². The second kappa shape index (κ2) is 6.04. The lowest BCUT2D eigenvalue weighted by atomic mass is 9.97. The summed E-state index contributed by atoms with van der Waals surface area (Å²) >= 11 is 0. The van der Waals surface area contributed by atoms with Gasteiger partial charge >= 0.3 is 0 Å². The number of rotatable bonds is 5. The van der Waals surface area contributed by atoms with Crippen LogP contribution in [-0.4, -0.2) is 51.6 Å². The molecule has 0 bridgehead atoms. The number of aromatic nitrogens is 5. The highest BCUT2D eigenvalue weighted by Crippen LogP contribution is 2.22. The first-order valence-corrected chi connectivity index (χ1v) is 7.24. The molecule has 1 aliphatic rings. The van der Waals surface area contributed by atoms with Crippen LogP contribution in [0.4, 0.5) is 5.95 Å². The van der Waals surface area contributed by atoms with Gasteiger partial charge in [-0.1, -0.05) is 6.92 Å². The first-order chi connectivity index (χ1) is 9.86. The molecular weight excluding hydrogens is 254 g/mol. The molecule has 1 fully saturated rings. The van der Waals surface area contributed by atoms with Gasteiger partial charge in [-0.15, -0.1) is 5.10 Å². The molecule has 0 spiro atoms. The zero-order chi connectivity index (χ0) is 13.8. The lowest BCUT2D eigenvalue weighted by Crippen LogP contribution is -2.37. The smallest absolute Gasteiger partial charge is 0.245 e. The summed E-state index contributed by atoms with van der Waals surface area (Å²) < 4.78 is 0. The van der Waals surface area contributed by atoms with E-state index in [1.807, 2.05) is 6.20 Å². The van der Waals surface area contributed by atoms with Crippen LogP contribution in [0.1, 0.15) is 19.8 Å². The van der Waals surface area contributed by atoms with Gasteiger partial charge in [-0.05, 0) is 31.8 Å². The Balaban J connectivity index is 1.58. The van der Waals surface area contributed by atoms with Gasteiger partial charge < -0.3 is 10.2 Å². The predicted octanol–water partition coefficient (Wildman–Crippen LogP) is 1.02. The minimum Gasteiger partial charge on any atom is -0.340 e. The first-order valence-electron chi connectivity index (χ1n) is 7.24. The molecule has 1 aliphatic heterocycles. The van der Waals surface area contributed by atoms with E-state index in [1.165, 1.54) is 12.8 Å². The Morgan fingerprint density at radius 2 is 2.25 bits per heavy atom. The van der Waals surface area contributed by atoms with Crippen LogP contribution in [0.5, 0.6) is 0 Å². The second-order valence-electron chi connectivity index (χ2n) is 5.21. The molecule has 0 aliphatic carbocycles. The molecule has 0 amide bonds. The molecule has 7 nitrogen and oxygen atoms in total. The summed E-state index contributed by atoms with van der Waals surface area (Å²) in [6, 6.07) is 0. The van der Waals surface area contributed by atoms with Crippen molar-refractivity contribution < 1.29 is 0 Å². The number of aromatic amines is 2. The summed E-state index contributed by atoms with van der Waals surface area (Å²) in [5.74, 6) is 2.34. The summed E-state index contributed by atoms with van der Waals surface area (Å²) in [6.45, 7) is 6.38.